The summed E-state index contributed by atoms with van der Waals surface area (Å²) in [7, 11) is 1.60. The zero-order chi connectivity index (χ0) is 19.5. The normalized spacial score (nSPS) is 16.3. The smallest absolute Gasteiger partial charge is 0.307 e. The van der Waals surface area contributed by atoms with Crippen LogP contribution in [0.5, 0.6) is 17.5 Å². The van der Waals surface area contributed by atoms with E-state index in [2.05, 4.69) is 17.2 Å². The van der Waals surface area contributed by atoms with Crippen molar-refractivity contribution in [3.05, 3.63) is 34.6 Å². The van der Waals surface area contributed by atoms with Gasteiger partial charge in [0, 0.05) is 18.5 Å². The van der Waals surface area contributed by atoms with Gasteiger partial charge in [-0.1, -0.05) is 32.3 Å². The van der Waals surface area contributed by atoms with Gasteiger partial charge < -0.3 is 9.47 Å². The average Bonchev–Trinajstić information content (AvgIpc) is 3.18. The molecule has 7 heteroatoms. The average molecular weight is 381 g/mol. The van der Waals surface area contributed by atoms with E-state index in [9.17, 15) is 4.79 Å². The second-order valence-corrected chi connectivity index (χ2v) is 7.22. The van der Waals surface area contributed by atoms with Gasteiger partial charge in [0.1, 0.15) is 17.3 Å². The lowest BCUT2D eigenvalue weighted by atomic mass is 9.88. The van der Waals surface area contributed by atoms with E-state index in [0.29, 0.717) is 35.5 Å². The molecule has 2 heterocycles. The molecule has 4 rings (SSSR count). The highest BCUT2D eigenvalue weighted by atomic mass is 16.5. The lowest BCUT2D eigenvalue weighted by molar-refractivity contribution is 0.388. The van der Waals surface area contributed by atoms with Gasteiger partial charge in [-0.05, 0) is 31.4 Å². The maximum Gasteiger partial charge on any atom is 0.307 e. The summed E-state index contributed by atoms with van der Waals surface area (Å²) in [6, 6.07) is 7.47. The first-order valence-electron chi connectivity index (χ1n) is 9.96. The SMILES string of the molecule is CCCn1c(Oc2cccc(OC)c2)nc(=O)c2c1N=C(C1CCCCC1)[N]2. The first-order chi connectivity index (χ1) is 13.7. The molecule has 7 nitrogen and oxygen atoms in total. The Morgan fingerprint density at radius 2 is 1.96 bits per heavy atom. The molecule has 28 heavy (non-hydrogen) atoms. The molecule has 147 valence electrons. The van der Waals surface area contributed by atoms with Crippen molar-refractivity contribution in [1.82, 2.24) is 14.9 Å². The minimum atomic E-state index is -0.394. The molecule has 0 spiro atoms. The van der Waals surface area contributed by atoms with Gasteiger partial charge in [-0.15, -0.1) is 0 Å². The molecule has 0 atom stereocenters. The molecule has 0 bridgehead atoms. The van der Waals surface area contributed by atoms with Crippen LogP contribution >= 0.6 is 0 Å². The van der Waals surface area contributed by atoms with Crippen LogP contribution in [0, 0.1) is 5.92 Å². The Balaban J connectivity index is 1.71. The lowest BCUT2D eigenvalue weighted by Crippen LogP contribution is -2.24. The molecule has 1 radical (unpaired) electrons. The molecule has 2 aromatic rings. The largest absolute Gasteiger partial charge is 0.497 e. The van der Waals surface area contributed by atoms with Gasteiger partial charge in [0.2, 0.25) is 0 Å². The Morgan fingerprint density at radius 3 is 2.71 bits per heavy atom. The van der Waals surface area contributed by atoms with E-state index >= 15 is 0 Å². The van der Waals surface area contributed by atoms with Crippen LogP contribution in [0.1, 0.15) is 45.4 Å². The monoisotopic (exact) mass is 381 g/mol. The molecule has 1 aromatic carbocycles. The number of benzene rings is 1. The zero-order valence-corrected chi connectivity index (χ0v) is 16.4. The standard InChI is InChI=1S/C21H25N4O3/c1-3-12-25-19-17(22-18(23-19)14-8-5-4-6-9-14)20(26)24-21(25)28-16-11-7-10-15(13-16)27-2/h7,10-11,13-14H,3-6,8-9,12H2,1-2H3. The number of methoxy groups -OCH3 is 1. The van der Waals surface area contributed by atoms with E-state index < -0.39 is 5.56 Å². The lowest BCUT2D eigenvalue weighted by Gasteiger charge is -2.20. The van der Waals surface area contributed by atoms with Crippen molar-refractivity contribution in [3.63, 3.8) is 0 Å². The van der Waals surface area contributed by atoms with Crippen LogP contribution in [0.15, 0.2) is 34.1 Å². The molecular formula is C21H25N4O3. The van der Waals surface area contributed by atoms with Crippen LogP contribution in [-0.2, 0) is 6.54 Å². The van der Waals surface area contributed by atoms with Crippen LogP contribution in [0.4, 0.5) is 11.5 Å². The van der Waals surface area contributed by atoms with E-state index in [1.54, 1.807) is 19.2 Å². The second kappa shape index (κ2) is 8.04. The van der Waals surface area contributed by atoms with Gasteiger partial charge in [0.05, 0.1) is 7.11 Å². The predicted octanol–water partition coefficient (Wildman–Crippen LogP) is 4.31. The summed E-state index contributed by atoms with van der Waals surface area (Å²) in [5.41, 5.74) is -0.0539. The zero-order valence-electron chi connectivity index (χ0n) is 16.4. The van der Waals surface area contributed by atoms with E-state index in [1.165, 1.54) is 19.3 Å². The number of nitrogens with zero attached hydrogens (tertiary/aromatic N) is 4. The van der Waals surface area contributed by atoms with E-state index in [1.807, 2.05) is 16.7 Å². The maximum absolute atomic E-state index is 12.6. The fraction of sp³-hybridized carbons (Fsp3) is 0.476. The second-order valence-electron chi connectivity index (χ2n) is 7.22. The van der Waals surface area contributed by atoms with Crippen LogP contribution in [-0.4, -0.2) is 22.5 Å². The van der Waals surface area contributed by atoms with Gasteiger partial charge in [0.25, 0.3) is 0 Å². The minimum absolute atomic E-state index is 0.239. The third-order valence-electron chi connectivity index (χ3n) is 5.21. The van der Waals surface area contributed by atoms with Gasteiger partial charge in [-0.2, -0.15) is 4.98 Å². The van der Waals surface area contributed by atoms with Crippen molar-refractivity contribution in [2.24, 2.45) is 10.9 Å². The van der Waals surface area contributed by atoms with Crippen molar-refractivity contribution in [1.29, 1.82) is 0 Å². The Labute approximate surface area is 164 Å². The third kappa shape index (κ3) is 3.61. The molecule has 2 aliphatic rings. The number of fused-ring (bicyclic) bond motifs is 1. The summed E-state index contributed by atoms with van der Waals surface area (Å²) < 4.78 is 13.1. The first kappa shape index (κ1) is 18.5. The van der Waals surface area contributed by atoms with Crippen LogP contribution < -0.4 is 20.3 Å². The fourth-order valence-corrected chi connectivity index (χ4v) is 3.79. The number of amidine groups is 1. The molecule has 1 aromatic heterocycles. The number of aliphatic imine (C=N–C) groups is 1. The van der Waals surface area contributed by atoms with Crippen molar-refractivity contribution in [3.8, 4) is 17.5 Å². The van der Waals surface area contributed by atoms with E-state index in [4.69, 9.17) is 14.5 Å². The number of hydrogen-bond donors (Lipinski definition) is 0. The maximum atomic E-state index is 12.6. The summed E-state index contributed by atoms with van der Waals surface area (Å²) in [4.78, 5) is 21.6. The van der Waals surface area contributed by atoms with Crippen molar-refractivity contribution in [2.45, 2.75) is 52.0 Å². The van der Waals surface area contributed by atoms with Crippen molar-refractivity contribution in [2.75, 3.05) is 7.11 Å². The molecule has 0 unspecified atom stereocenters. The molecule has 0 amide bonds. The van der Waals surface area contributed by atoms with Crippen molar-refractivity contribution >= 4 is 17.3 Å². The number of aromatic nitrogens is 2. The van der Waals surface area contributed by atoms with Crippen LogP contribution in [0.25, 0.3) is 0 Å². The van der Waals surface area contributed by atoms with Gasteiger partial charge in [-0.3, -0.25) is 9.36 Å². The van der Waals surface area contributed by atoms with E-state index in [-0.39, 0.29) is 6.01 Å². The number of rotatable bonds is 6. The Hall–Kier alpha value is -2.83. The Kier molecular flexibility index (Phi) is 5.32. The first-order valence-corrected chi connectivity index (χ1v) is 9.96. The number of hydrogen-bond acceptors (Lipinski definition) is 5. The Morgan fingerprint density at radius 1 is 1.18 bits per heavy atom. The van der Waals surface area contributed by atoms with Crippen LogP contribution in [0.2, 0.25) is 0 Å². The minimum Gasteiger partial charge on any atom is -0.497 e. The quantitative estimate of drug-likeness (QED) is 0.747. The Bertz CT molecular complexity index is 945. The summed E-state index contributed by atoms with van der Waals surface area (Å²) >= 11 is 0. The molecule has 1 saturated carbocycles. The summed E-state index contributed by atoms with van der Waals surface area (Å²) in [5.74, 6) is 2.91. The number of ether oxygens (including phenoxy) is 2. The third-order valence-corrected chi connectivity index (χ3v) is 5.21. The summed E-state index contributed by atoms with van der Waals surface area (Å²) in [6.07, 6.45) is 6.67. The predicted molar refractivity (Wildman–Crippen MR) is 107 cm³/mol. The fourth-order valence-electron chi connectivity index (χ4n) is 3.79. The molecule has 1 aliphatic carbocycles. The molecule has 0 saturated heterocycles. The highest BCUT2D eigenvalue weighted by Gasteiger charge is 2.30. The molecule has 1 fully saturated rings. The van der Waals surface area contributed by atoms with E-state index in [0.717, 1.165) is 25.1 Å². The summed E-state index contributed by atoms with van der Waals surface area (Å²) in [5, 5.41) is 4.57. The topological polar surface area (TPSA) is 79.8 Å². The molecule has 0 N–H and O–H groups in total. The molecular weight excluding hydrogens is 356 g/mol. The highest BCUT2D eigenvalue weighted by Crippen LogP contribution is 2.36. The molecule has 1 aliphatic heterocycles. The summed E-state index contributed by atoms with van der Waals surface area (Å²) in [6.45, 7) is 2.71. The van der Waals surface area contributed by atoms with Crippen LogP contribution in [0.3, 0.4) is 0 Å². The highest BCUT2D eigenvalue weighted by molar-refractivity contribution is 5.96. The van der Waals surface area contributed by atoms with Crippen molar-refractivity contribution < 1.29 is 9.47 Å². The van der Waals surface area contributed by atoms with Gasteiger partial charge >= 0.3 is 11.6 Å². The van der Waals surface area contributed by atoms with Gasteiger partial charge in [0.15, 0.2) is 11.5 Å². The van der Waals surface area contributed by atoms with Gasteiger partial charge in [-0.25, -0.2) is 10.3 Å².